The predicted octanol–water partition coefficient (Wildman–Crippen LogP) is 4.63. The van der Waals surface area contributed by atoms with Gasteiger partial charge >= 0.3 is 6.03 Å². The third-order valence-corrected chi connectivity index (χ3v) is 5.57. The van der Waals surface area contributed by atoms with Gasteiger partial charge in [-0.25, -0.2) is 18.5 Å². The number of amides is 4. The summed E-state index contributed by atoms with van der Waals surface area (Å²) in [4.78, 5) is 38.9. The maximum absolute atomic E-state index is 13.3. The number of imide groups is 2. The molecule has 8 heteroatoms. The SMILES string of the molecule is O=C1NC(=O)N(c2ccc(F)cc2)C(=O)/C1=C\c1cn(Cc2ccc(F)cc2)c2ccccc12. The molecule has 1 aromatic heterocycles. The van der Waals surface area contributed by atoms with Crippen molar-refractivity contribution in [2.24, 2.45) is 0 Å². The van der Waals surface area contributed by atoms with Gasteiger partial charge in [-0.3, -0.25) is 14.9 Å². The second-order valence-electron chi connectivity index (χ2n) is 7.79. The molecule has 0 bridgehead atoms. The van der Waals surface area contributed by atoms with Crippen molar-refractivity contribution in [3.8, 4) is 0 Å². The summed E-state index contributed by atoms with van der Waals surface area (Å²) >= 11 is 0. The fourth-order valence-corrected chi connectivity index (χ4v) is 3.95. The van der Waals surface area contributed by atoms with Crippen molar-refractivity contribution in [1.29, 1.82) is 0 Å². The lowest BCUT2D eigenvalue weighted by molar-refractivity contribution is -0.122. The van der Waals surface area contributed by atoms with Gasteiger partial charge in [0, 0.05) is 29.2 Å². The Labute approximate surface area is 192 Å². The van der Waals surface area contributed by atoms with Crippen LogP contribution >= 0.6 is 0 Å². The number of hydrogen-bond donors (Lipinski definition) is 1. The molecule has 0 aliphatic carbocycles. The van der Waals surface area contributed by atoms with Crippen LogP contribution in [-0.2, 0) is 16.1 Å². The third-order valence-electron chi connectivity index (χ3n) is 5.57. The molecule has 1 aliphatic rings. The summed E-state index contributed by atoms with van der Waals surface area (Å²) in [5.74, 6) is -2.47. The maximum atomic E-state index is 13.3. The zero-order valence-corrected chi connectivity index (χ0v) is 17.7. The molecule has 2 heterocycles. The average Bonchev–Trinajstić information content (AvgIpc) is 3.16. The first-order chi connectivity index (χ1) is 16.4. The molecule has 168 valence electrons. The molecule has 1 saturated heterocycles. The topological polar surface area (TPSA) is 71.4 Å². The summed E-state index contributed by atoms with van der Waals surface area (Å²) in [6, 6.07) is 17.5. The number of barbiturate groups is 1. The zero-order valence-electron chi connectivity index (χ0n) is 17.7. The minimum Gasteiger partial charge on any atom is -0.342 e. The molecule has 0 saturated carbocycles. The van der Waals surface area contributed by atoms with Crippen molar-refractivity contribution in [3.05, 3.63) is 107 Å². The van der Waals surface area contributed by atoms with Crippen LogP contribution in [-0.4, -0.2) is 22.4 Å². The molecule has 0 radical (unpaired) electrons. The van der Waals surface area contributed by atoms with Crippen molar-refractivity contribution in [1.82, 2.24) is 9.88 Å². The Kier molecular flexibility index (Phi) is 5.25. The van der Waals surface area contributed by atoms with E-state index in [2.05, 4.69) is 5.32 Å². The lowest BCUT2D eigenvalue weighted by Crippen LogP contribution is -2.54. The van der Waals surface area contributed by atoms with E-state index in [0.29, 0.717) is 12.1 Å². The molecular formula is C26H17F2N3O3. The van der Waals surface area contributed by atoms with Gasteiger partial charge in [-0.1, -0.05) is 30.3 Å². The summed E-state index contributed by atoms with van der Waals surface area (Å²) in [5.41, 5.74) is 2.24. The number of carbonyl (C=O) groups is 3. The standard InChI is InChI=1S/C26H17F2N3O3/c27-18-7-5-16(6-8-18)14-30-15-17(21-3-1-2-4-23(21)30)13-22-24(32)29-26(34)31(25(22)33)20-11-9-19(28)10-12-20/h1-13,15H,14H2,(H,29,32,34)/b22-13-. The predicted molar refractivity (Wildman–Crippen MR) is 123 cm³/mol. The van der Waals surface area contributed by atoms with Crippen LogP contribution in [0.15, 0.2) is 84.6 Å². The summed E-state index contributed by atoms with van der Waals surface area (Å²) < 4.78 is 28.5. The van der Waals surface area contributed by atoms with Crippen LogP contribution in [0, 0.1) is 11.6 Å². The molecular weight excluding hydrogens is 440 g/mol. The van der Waals surface area contributed by atoms with Gasteiger partial charge < -0.3 is 4.57 Å². The van der Waals surface area contributed by atoms with E-state index in [9.17, 15) is 23.2 Å². The molecule has 1 fully saturated rings. The lowest BCUT2D eigenvalue weighted by Gasteiger charge is -2.26. The molecule has 0 spiro atoms. The second-order valence-corrected chi connectivity index (χ2v) is 7.79. The van der Waals surface area contributed by atoms with Crippen LogP contribution in [0.4, 0.5) is 19.3 Å². The largest absolute Gasteiger partial charge is 0.342 e. The van der Waals surface area contributed by atoms with E-state index >= 15 is 0 Å². The van der Waals surface area contributed by atoms with Gasteiger partial charge in [0.05, 0.1) is 5.69 Å². The fourth-order valence-electron chi connectivity index (χ4n) is 3.95. The van der Waals surface area contributed by atoms with E-state index in [1.165, 1.54) is 30.3 Å². The van der Waals surface area contributed by atoms with E-state index in [1.54, 1.807) is 18.3 Å². The number of anilines is 1. The number of nitrogens with one attached hydrogen (secondary N) is 1. The van der Waals surface area contributed by atoms with Gasteiger partial charge in [0.15, 0.2) is 0 Å². The maximum Gasteiger partial charge on any atom is 0.335 e. The van der Waals surface area contributed by atoms with E-state index < -0.39 is 23.7 Å². The fraction of sp³-hybridized carbons (Fsp3) is 0.0385. The normalized spacial score (nSPS) is 15.3. The summed E-state index contributed by atoms with van der Waals surface area (Å²) in [7, 11) is 0. The van der Waals surface area contributed by atoms with E-state index in [4.69, 9.17) is 0 Å². The summed E-state index contributed by atoms with van der Waals surface area (Å²) in [6.45, 7) is 0.449. The van der Waals surface area contributed by atoms with Gasteiger partial charge in [0.1, 0.15) is 17.2 Å². The Morgan fingerprint density at radius 1 is 0.824 bits per heavy atom. The van der Waals surface area contributed by atoms with Crippen LogP contribution in [0.25, 0.3) is 17.0 Å². The highest BCUT2D eigenvalue weighted by Gasteiger charge is 2.37. The Bertz CT molecular complexity index is 1470. The molecule has 0 unspecified atom stereocenters. The van der Waals surface area contributed by atoms with Crippen molar-refractivity contribution >= 4 is 40.5 Å². The Hall–Kier alpha value is -4.59. The number of rotatable bonds is 4. The molecule has 4 amide bonds. The molecule has 1 N–H and O–H groups in total. The molecule has 0 atom stereocenters. The minimum absolute atomic E-state index is 0.140. The Morgan fingerprint density at radius 3 is 2.18 bits per heavy atom. The first-order valence-electron chi connectivity index (χ1n) is 10.4. The number of carbonyl (C=O) groups excluding carboxylic acids is 3. The molecule has 3 aromatic carbocycles. The van der Waals surface area contributed by atoms with Crippen molar-refractivity contribution in [2.75, 3.05) is 4.90 Å². The number of fused-ring (bicyclic) bond motifs is 1. The molecule has 4 aromatic rings. The number of aromatic nitrogens is 1. The number of halogens is 2. The third kappa shape index (κ3) is 3.86. The van der Waals surface area contributed by atoms with Crippen molar-refractivity contribution < 1.29 is 23.2 Å². The smallest absolute Gasteiger partial charge is 0.335 e. The quantitative estimate of drug-likeness (QED) is 0.359. The van der Waals surface area contributed by atoms with Gasteiger partial charge in [0.2, 0.25) is 0 Å². The first kappa shape index (κ1) is 21.3. The molecule has 34 heavy (non-hydrogen) atoms. The Balaban J connectivity index is 1.56. The number of hydrogen-bond acceptors (Lipinski definition) is 3. The van der Waals surface area contributed by atoms with Crippen LogP contribution in [0.5, 0.6) is 0 Å². The van der Waals surface area contributed by atoms with E-state index in [0.717, 1.165) is 33.5 Å². The van der Waals surface area contributed by atoms with Crippen LogP contribution in [0.3, 0.4) is 0 Å². The number of urea groups is 1. The van der Waals surface area contributed by atoms with Crippen molar-refractivity contribution in [3.63, 3.8) is 0 Å². The highest BCUT2D eigenvalue weighted by Crippen LogP contribution is 2.27. The van der Waals surface area contributed by atoms with Gasteiger partial charge in [-0.05, 0) is 54.1 Å². The Morgan fingerprint density at radius 2 is 1.47 bits per heavy atom. The first-order valence-corrected chi connectivity index (χ1v) is 10.4. The molecule has 6 nitrogen and oxygen atoms in total. The molecule has 5 rings (SSSR count). The summed E-state index contributed by atoms with van der Waals surface area (Å²) in [6.07, 6.45) is 3.23. The van der Waals surface area contributed by atoms with E-state index in [1.807, 2.05) is 28.8 Å². The van der Waals surface area contributed by atoms with E-state index in [-0.39, 0.29) is 17.1 Å². The van der Waals surface area contributed by atoms with Gasteiger partial charge in [0.25, 0.3) is 11.8 Å². The lowest BCUT2D eigenvalue weighted by atomic mass is 10.1. The zero-order chi connectivity index (χ0) is 23.8. The monoisotopic (exact) mass is 457 g/mol. The minimum atomic E-state index is -0.905. The number of para-hydroxylation sites is 1. The van der Waals surface area contributed by atoms with Crippen LogP contribution in [0.2, 0.25) is 0 Å². The van der Waals surface area contributed by atoms with Crippen molar-refractivity contribution in [2.45, 2.75) is 6.54 Å². The van der Waals surface area contributed by atoms with Crippen LogP contribution in [0.1, 0.15) is 11.1 Å². The van der Waals surface area contributed by atoms with Gasteiger partial charge in [-0.15, -0.1) is 0 Å². The second kappa shape index (κ2) is 8.40. The average molecular weight is 457 g/mol. The summed E-state index contributed by atoms with van der Waals surface area (Å²) in [5, 5.41) is 2.96. The molecule has 1 aliphatic heterocycles. The van der Waals surface area contributed by atoms with Crippen LogP contribution < -0.4 is 10.2 Å². The number of benzene rings is 3. The highest BCUT2D eigenvalue weighted by molar-refractivity contribution is 6.39. The number of nitrogens with zero attached hydrogens (tertiary/aromatic N) is 2. The highest BCUT2D eigenvalue weighted by atomic mass is 19.1. The van der Waals surface area contributed by atoms with Gasteiger partial charge in [-0.2, -0.15) is 0 Å².